The number of nitrogens with zero attached hydrogens (tertiary/aromatic N) is 2. The van der Waals surface area contributed by atoms with Crippen LogP contribution in [0.4, 0.5) is 0 Å². The lowest BCUT2D eigenvalue weighted by Gasteiger charge is -2.25. The number of rotatable bonds is 3. The number of aromatic nitrogens is 2. The van der Waals surface area contributed by atoms with E-state index in [-0.39, 0.29) is 6.04 Å². The number of hydrogen-bond donors (Lipinski definition) is 1. The number of hydrogen-bond acceptors (Lipinski definition) is 5. The van der Waals surface area contributed by atoms with Crippen molar-refractivity contribution in [3.8, 4) is 0 Å². The summed E-state index contributed by atoms with van der Waals surface area (Å²) in [7, 11) is 0. The largest absolute Gasteiger partial charge is 0.381 e. The van der Waals surface area contributed by atoms with E-state index in [0.717, 1.165) is 25.9 Å². The Kier molecular flexibility index (Phi) is 3.33. The third-order valence-corrected chi connectivity index (χ3v) is 2.79. The van der Waals surface area contributed by atoms with Crippen molar-refractivity contribution in [2.45, 2.75) is 32.2 Å². The molecule has 2 unspecified atom stereocenters. The first kappa shape index (κ1) is 10.6. The van der Waals surface area contributed by atoms with E-state index >= 15 is 0 Å². The van der Waals surface area contributed by atoms with Gasteiger partial charge in [-0.15, -0.1) is 0 Å². The van der Waals surface area contributed by atoms with Crippen LogP contribution in [0, 0.1) is 5.92 Å². The van der Waals surface area contributed by atoms with E-state index in [1.165, 1.54) is 0 Å². The van der Waals surface area contributed by atoms with Gasteiger partial charge in [0.25, 0.3) is 0 Å². The van der Waals surface area contributed by atoms with Gasteiger partial charge in [-0.2, -0.15) is 4.98 Å². The van der Waals surface area contributed by atoms with Gasteiger partial charge < -0.3 is 15.0 Å². The average Bonchev–Trinajstić information content (AvgIpc) is 2.78. The third-order valence-electron chi connectivity index (χ3n) is 2.79. The monoisotopic (exact) mass is 211 g/mol. The molecular formula is C10H17N3O2. The summed E-state index contributed by atoms with van der Waals surface area (Å²) < 4.78 is 10.4. The zero-order valence-electron chi connectivity index (χ0n) is 8.98. The van der Waals surface area contributed by atoms with Gasteiger partial charge >= 0.3 is 0 Å². The van der Waals surface area contributed by atoms with Crippen LogP contribution in [0.25, 0.3) is 0 Å². The van der Waals surface area contributed by atoms with Crippen molar-refractivity contribution in [1.82, 2.24) is 10.1 Å². The van der Waals surface area contributed by atoms with E-state index < -0.39 is 0 Å². The maximum Gasteiger partial charge on any atom is 0.226 e. The van der Waals surface area contributed by atoms with Gasteiger partial charge in [0.05, 0.1) is 12.6 Å². The summed E-state index contributed by atoms with van der Waals surface area (Å²) in [5.41, 5.74) is 6.07. The quantitative estimate of drug-likeness (QED) is 0.809. The Morgan fingerprint density at radius 1 is 1.60 bits per heavy atom. The first-order valence-corrected chi connectivity index (χ1v) is 5.47. The molecule has 1 aliphatic heterocycles. The lowest BCUT2D eigenvalue weighted by molar-refractivity contribution is 0.0433. The van der Waals surface area contributed by atoms with Crippen LogP contribution in [0.1, 0.15) is 37.5 Å². The van der Waals surface area contributed by atoms with Crippen molar-refractivity contribution in [2.24, 2.45) is 11.7 Å². The van der Waals surface area contributed by atoms with Crippen molar-refractivity contribution in [1.29, 1.82) is 0 Å². The highest BCUT2D eigenvalue weighted by Gasteiger charge is 2.25. The Balaban J connectivity index is 2.02. The molecule has 2 rings (SSSR count). The molecule has 1 aromatic heterocycles. The molecule has 0 amide bonds. The van der Waals surface area contributed by atoms with Crippen molar-refractivity contribution >= 4 is 0 Å². The zero-order valence-corrected chi connectivity index (χ0v) is 8.98. The summed E-state index contributed by atoms with van der Waals surface area (Å²) in [6.45, 7) is 3.53. The van der Waals surface area contributed by atoms with Gasteiger partial charge in [0, 0.05) is 18.9 Å². The Bertz CT molecular complexity index is 307. The molecule has 15 heavy (non-hydrogen) atoms. The molecule has 0 bridgehead atoms. The molecule has 2 heterocycles. The van der Waals surface area contributed by atoms with E-state index in [4.69, 9.17) is 15.0 Å². The van der Waals surface area contributed by atoms with Gasteiger partial charge in [-0.25, -0.2) is 0 Å². The van der Waals surface area contributed by atoms with Crippen LogP contribution in [0.2, 0.25) is 0 Å². The third kappa shape index (κ3) is 2.35. The van der Waals surface area contributed by atoms with Gasteiger partial charge in [-0.3, -0.25) is 0 Å². The molecule has 0 aliphatic carbocycles. The van der Waals surface area contributed by atoms with Crippen LogP contribution in [0.15, 0.2) is 4.52 Å². The minimum atomic E-state index is -0.158. The number of aryl methyl sites for hydroxylation is 1. The second-order valence-electron chi connectivity index (χ2n) is 3.90. The van der Waals surface area contributed by atoms with Crippen LogP contribution in [0.5, 0.6) is 0 Å². The fourth-order valence-electron chi connectivity index (χ4n) is 1.81. The number of nitrogens with two attached hydrogens (primary N) is 1. The highest BCUT2D eigenvalue weighted by molar-refractivity contribution is 4.96. The maximum absolute atomic E-state index is 6.07. The van der Waals surface area contributed by atoms with Gasteiger partial charge in [0.15, 0.2) is 5.82 Å². The molecule has 0 spiro atoms. The second-order valence-corrected chi connectivity index (χ2v) is 3.90. The number of ether oxygens (including phenoxy) is 1. The highest BCUT2D eigenvalue weighted by Crippen LogP contribution is 2.24. The molecule has 2 atom stereocenters. The fraction of sp³-hybridized carbons (Fsp3) is 0.800. The summed E-state index contributed by atoms with van der Waals surface area (Å²) in [5, 5.41) is 3.90. The Morgan fingerprint density at radius 2 is 2.47 bits per heavy atom. The van der Waals surface area contributed by atoms with Crippen LogP contribution in [0.3, 0.4) is 0 Å². The van der Waals surface area contributed by atoms with Crippen LogP contribution in [-0.2, 0) is 11.2 Å². The summed E-state index contributed by atoms with van der Waals surface area (Å²) in [4.78, 5) is 4.25. The smallest absolute Gasteiger partial charge is 0.226 e. The summed E-state index contributed by atoms with van der Waals surface area (Å²) in [6, 6.07) is -0.158. The van der Waals surface area contributed by atoms with Crippen LogP contribution in [-0.4, -0.2) is 23.4 Å². The predicted octanol–water partition coefficient (Wildman–Crippen LogP) is 1.06. The molecule has 0 aromatic carbocycles. The SMILES string of the molecule is CCc1nc(C(N)C2CCCOC2)no1. The molecule has 0 radical (unpaired) electrons. The average molecular weight is 211 g/mol. The zero-order chi connectivity index (χ0) is 10.7. The Hall–Kier alpha value is -0.940. The highest BCUT2D eigenvalue weighted by atomic mass is 16.5. The second kappa shape index (κ2) is 4.72. The minimum absolute atomic E-state index is 0.158. The molecule has 1 aromatic rings. The lowest BCUT2D eigenvalue weighted by Crippen LogP contribution is -2.29. The van der Waals surface area contributed by atoms with Crippen molar-refractivity contribution in [2.75, 3.05) is 13.2 Å². The van der Waals surface area contributed by atoms with Crippen molar-refractivity contribution in [3.05, 3.63) is 11.7 Å². The maximum atomic E-state index is 6.07. The van der Waals surface area contributed by atoms with E-state index in [9.17, 15) is 0 Å². The topological polar surface area (TPSA) is 74.2 Å². The van der Waals surface area contributed by atoms with Gasteiger partial charge in [0.1, 0.15) is 0 Å². The Labute approximate surface area is 89.0 Å². The Morgan fingerprint density at radius 3 is 3.07 bits per heavy atom. The first-order valence-electron chi connectivity index (χ1n) is 5.47. The summed E-state index contributed by atoms with van der Waals surface area (Å²) in [6.07, 6.45) is 2.90. The lowest BCUT2D eigenvalue weighted by atomic mass is 9.94. The molecule has 2 N–H and O–H groups in total. The molecule has 84 valence electrons. The summed E-state index contributed by atoms with van der Waals surface area (Å²) >= 11 is 0. The van der Waals surface area contributed by atoms with E-state index in [1.807, 2.05) is 6.92 Å². The molecular weight excluding hydrogens is 194 g/mol. The van der Waals surface area contributed by atoms with Crippen LogP contribution < -0.4 is 5.73 Å². The standard InChI is InChI=1S/C10H17N3O2/c1-2-8-12-10(13-15-8)9(11)7-4-3-5-14-6-7/h7,9H,2-6,11H2,1H3. The molecule has 5 heteroatoms. The van der Waals surface area contributed by atoms with Crippen LogP contribution >= 0.6 is 0 Å². The molecule has 0 saturated carbocycles. The van der Waals surface area contributed by atoms with E-state index in [2.05, 4.69) is 10.1 Å². The van der Waals surface area contributed by atoms with Crippen molar-refractivity contribution in [3.63, 3.8) is 0 Å². The first-order chi connectivity index (χ1) is 7.31. The normalized spacial score (nSPS) is 24.0. The molecule has 1 saturated heterocycles. The van der Waals surface area contributed by atoms with Gasteiger partial charge in [0.2, 0.25) is 5.89 Å². The minimum Gasteiger partial charge on any atom is -0.381 e. The van der Waals surface area contributed by atoms with Crippen molar-refractivity contribution < 1.29 is 9.26 Å². The van der Waals surface area contributed by atoms with Gasteiger partial charge in [-0.1, -0.05) is 12.1 Å². The fourth-order valence-corrected chi connectivity index (χ4v) is 1.81. The van der Waals surface area contributed by atoms with E-state index in [0.29, 0.717) is 24.2 Å². The van der Waals surface area contributed by atoms with E-state index in [1.54, 1.807) is 0 Å². The van der Waals surface area contributed by atoms with Gasteiger partial charge in [-0.05, 0) is 12.8 Å². The molecule has 1 aliphatic rings. The molecule has 5 nitrogen and oxygen atoms in total. The predicted molar refractivity (Wildman–Crippen MR) is 54.1 cm³/mol. The summed E-state index contributed by atoms with van der Waals surface area (Å²) in [5.74, 6) is 1.58. The molecule has 1 fully saturated rings.